The molecule has 86 valence electrons. The number of rotatable bonds is 5. The number of hydrogen-bond donors (Lipinski definition) is 0. The third-order valence-corrected chi connectivity index (χ3v) is 2.03. The molecule has 0 aliphatic carbocycles. The Balaban J connectivity index is 2.18. The van der Waals surface area contributed by atoms with Gasteiger partial charge in [0.1, 0.15) is 6.61 Å². The molecular formula is C12H14O4. The van der Waals surface area contributed by atoms with Crippen molar-refractivity contribution in [2.24, 2.45) is 0 Å². The van der Waals surface area contributed by atoms with E-state index in [1.807, 2.05) is 6.08 Å². The van der Waals surface area contributed by atoms with Crippen LogP contribution in [0.4, 0.5) is 0 Å². The lowest BCUT2D eigenvalue weighted by Crippen LogP contribution is -1.92. The highest BCUT2D eigenvalue weighted by Gasteiger charge is 2.10. The molecule has 0 spiro atoms. The van der Waals surface area contributed by atoms with Gasteiger partial charge in [0, 0.05) is 12.2 Å². The minimum Gasteiger partial charge on any atom is -0.466 e. The van der Waals surface area contributed by atoms with Crippen molar-refractivity contribution in [3.63, 3.8) is 0 Å². The summed E-state index contributed by atoms with van der Waals surface area (Å²) < 4.78 is 9.19. The van der Waals surface area contributed by atoms with Crippen LogP contribution < -0.4 is 0 Å². The topological polar surface area (TPSA) is 52.6 Å². The molecule has 0 fully saturated rings. The van der Waals surface area contributed by atoms with E-state index in [4.69, 9.17) is 4.74 Å². The molecule has 0 saturated carbocycles. The average Bonchev–Trinajstić information content (AvgIpc) is 2.69. The Hall–Kier alpha value is -1.84. The normalized spacial score (nSPS) is 15.6. The molecule has 0 radical (unpaired) electrons. The van der Waals surface area contributed by atoms with Crippen molar-refractivity contribution >= 4 is 11.9 Å². The number of carbonyl (C=O) groups excluding carboxylic acids is 2. The summed E-state index contributed by atoms with van der Waals surface area (Å²) in [6.45, 7) is 0.407. The maximum Gasteiger partial charge on any atom is 0.331 e. The van der Waals surface area contributed by atoms with Crippen LogP contribution in [0.2, 0.25) is 0 Å². The van der Waals surface area contributed by atoms with Crippen LogP contribution in [0.5, 0.6) is 0 Å². The molecule has 1 heterocycles. The van der Waals surface area contributed by atoms with Crippen LogP contribution in [-0.4, -0.2) is 25.7 Å². The second-order valence-electron chi connectivity index (χ2n) is 3.26. The van der Waals surface area contributed by atoms with Crippen molar-refractivity contribution in [3.05, 3.63) is 36.0 Å². The van der Waals surface area contributed by atoms with E-state index in [0.29, 0.717) is 6.61 Å². The van der Waals surface area contributed by atoms with E-state index >= 15 is 0 Å². The van der Waals surface area contributed by atoms with E-state index in [-0.39, 0.29) is 11.9 Å². The Labute approximate surface area is 94.2 Å². The molecule has 0 aromatic carbocycles. The van der Waals surface area contributed by atoms with Gasteiger partial charge in [0.25, 0.3) is 0 Å². The molecule has 0 bridgehead atoms. The lowest BCUT2D eigenvalue weighted by atomic mass is 10.1. The zero-order valence-electron chi connectivity index (χ0n) is 9.14. The van der Waals surface area contributed by atoms with Crippen LogP contribution in [0.1, 0.15) is 12.8 Å². The Morgan fingerprint density at radius 2 is 2.38 bits per heavy atom. The van der Waals surface area contributed by atoms with Gasteiger partial charge in [-0.1, -0.05) is 18.2 Å². The Morgan fingerprint density at radius 1 is 1.56 bits per heavy atom. The summed E-state index contributed by atoms with van der Waals surface area (Å²) >= 11 is 0. The zero-order valence-corrected chi connectivity index (χ0v) is 9.14. The van der Waals surface area contributed by atoms with E-state index in [1.54, 1.807) is 12.2 Å². The van der Waals surface area contributed by atoms with Gasteiger partial charge >= 0.3 is 11.9 Å². The van der Waals surface area contributed by atoms with Crippen LogP contribution >= 0.6 is 0 Å². The van der Waals surface area contributed by atoms with Crippen molar-refractivity contribution in [1.29, 1.82) is 0 Å². The number of cyclic esters (lactones) is 1. The van der Waals surface area contributed by atoms with Gasteiger partial charge in [-0.15, -0.1) is 0 Å². The molecular weight excluding hydrogens is 208 g/mol. The summed E-state index contributed by atoms with van der Waals surface area (Å²) in [5.41, 5.74) is 1.01. The van der Waals surface area contributed by atoms with Crippen LogP contribution in [0, 0.1) is 0 Å². The van der Waals surface area contributed by atoms with Crippen molar-refractivity contribution in [2.45, 2.75) is 12.8 Å². The maximum atomic E-state index is 10.7. The second-order valence-corrected chi connectivity index (χ2v) is 3.26. The first-order valence-electron chi connectivity index (χ1n) is 4.99. The number of allylic oxidation sites excluding steroid dienone is 3. The highest BCUT2D eigenvalue weighted by atomic mass is 16.5. The van der Waals surface area contributed by atoms with E-state index in [1.165, 1.54) is 19.3 Å². The minimum absolute atomic E-state index is 0.260. The molecule has 0 aromatic heterocycles. The van der Waals surface area contributed by atoms with Gasteiger partial charge in [0.2, 0.25) is 0 Å². The fourth-order valence-corrected chi connectivity index (χ4v) is 1.20. The first kappa shape index (κ1) is 12.2. The van der Waals surface area contributed by atoms with Crippen molar-refractivity contribution in [1.82, 2.24) is 0 Å². The summed E-state index contributed by atoms with van der Waals surface area (Å²) in [7, 11) is 1.33. The predicted octanol–water partition coefficient (Wildman–Crippen LogP) is 1.54. The number of methoxy groups -OCH3 is 1. The molecule has 0 aromatic rings. The molecule has 4 heteroatoms. The fraction of sp³-hybridized carbons (Fsp3) is 0.333. The molecule has 16 heavy (non-hydrogen) atoms. The zero-order chi connectivity index (χ0) is 11.8. The molecule has 0 N–H and O–H groups in total. The van der Waals surface area contributed by atoms with Crippen LogP contribution in [0.25, 0.3) is 0 Å². The van der Waals surface area contributed by atoms with Gasteiger partial charge < -0.3 is 9.47 Å². The van der Waals surface area contributed by atoms with Crippen LogP contribution in [0.3, 0.4) is 0 Å². The molecule has 0 amide bonds. The first-order chi connectivity index (χ1) is 7.72. The molecule has 1 aliphatic heterocycles. The smallest absolute Gasteiger partial charge is 0.331 e. The summed E-state index contributed by atoms with van der Waals surface area (Å²) in [4.78, 5) is 21.4. The molecule has 1 aliphatic rings. The Bertz CT molecular complexity index is 350. The number of carbonyl (C=O) groups is 2. The van der Waals surface area contributed by atoms with Crippen LogP contribution in [0.15, 0.2) is 36.0 Å². The summed E-state index contributed by atoms with van der Waals surface area (Å²) in [6, 6.07) is 0. The summed E-state index contributed by atoms with van der Waals surface area (Å²) in [5.74, 6) is -0.633. The SMILES string of the molecule is COC(=O)/C=C/C=C/CCC1=CC(=O)OC1. The minimum atomic E-state index is -0.373. The lowest BCUT2D eigenvalue weighted by Gasteiger charge is -1.94. The lowest BCUT2D eigenvalue weighted by molar-refractivity contribution is -0.135. The largest absolute Gasteiger partial charge is 0.466 e. The Kier molecular flexibility index (Phi) is 5.05. The second kappa shape index (κ2) is 6.61. The molecule has 0 unspecified atom stereocenters. The van der Waals surface area contributed by atoms with Gasteiger partial charge in [-0.25, -0.2) is 9.59 Å². The fourth-order valence-electron chi connectivity index (χ4n) is 1.20. The van der Waals surface area contributed by atoms with Gasteiger partial charge in [-0.05, 0) is 18.4 Å². The molecule has 0 saturated heterocycles. The maximum absolute atomic E-state index is 10.7. The average molecular weight is 222 g/mol. The van der Waals surface area contributed by atoms with Crippen molar-refractivity contribution in [3.8, 4) is 0 Å². The highest BCUT2D eigenvalue weighted by molar-refractivity contribution is 5.85. The van der Waals surface area contributed by atoms with E-state index in [2.05, 4.69) is 4.74 Å². The predicted molar refractivity (Wildman–Crippen MR) is 58.6 cm³/mol. The number of ether oxygens (including phenoxy) is 2. The summed E-state index contributed by atoms with van der Waals surface area (Å²) in [5, 5.41) is 0. The van der Waals surface area contributed by atoms with E-state index in [9.17, 15) is 9.59 Å². The van der Waals surface area contributed by atoms with Crippen molar-refractivity contribution in [2.75, 3.05) is 13.7 Å². The molecule has 0 atom stereocenters. The monoisotopic (exact) mass is 222 g/mol. The van der Waals surface area contributed by atoms with Crippen molar-refractivity contribution < 1.29 is 19.1 Å². The third kappa shape index (κ3) is 4.59. The van der Waals surface area contributed by atoms with E-state index in [0.717, 1.165) is 18.4 Å². The highest BCUT2D eigenvalue weighted by Crippen LogP contribution is 2.12. The third-order valence-electron chi connectivity index (χ3n) is 2.03. The number of hydrogen-bond acceptors (Lipinski definition) is 4. The van der Waals surface area contributed by atoms with Gasteiger partial charge in [-0.2, -0.15) is 0 Å². The summed E-state index contributed by atoms with van der Waals surface area (Å²) in [6.07, 6.45) is 9.80. The van der Waals surface area contributed by atoms with Gasteiger partial charge in [0.05, 0.1) is 7.11 Å². The van der Waals surface area contributed by atoms with Gasteiger partial charge in [-0.3, -0.25) is 0 Å². The standard InChI is InChI=1S/C12H14O4/c1-15-11(13)7-5-3-2-4-6-10-8-12(14)16-9-10/h2-3,5,7-8H,4,6,9H2,1H3/b3-2+,7-5+. The van der Waals surface area contributed by atoms with Crippen LogP contribution in [-0.2, 0) is 19.1 Å². The van der Waals surface area contributed by atoms with Gasteiger partial charge in [0.15, 0.2) is 0 Å². The number of esters is 2. The van der Waals surface area contributed by atoms with E-state index < -0.39 is 0 Å². The quantitative estimate of drug-likeness (QED) is 0.402. The molecule has 1 rings (SSSR count). The first-order valence-corrected chi connectivity index (χ1v) is 4.99. The molecule has 4 nitrogen and oxygen atoms in total. The Morgan fingerprint density at radius 3 is 3.00 bits per heavy atom.